The Hall–Kier alpha value is -1.51. The third-order valence-corrected chi connectivity index (χ3v) is 3.45. The summed E-state index contributed by atoms with van der Waals surface area (Å²) in [5, 5.41) is 1.35. The molecule has 0 spiro atoms. The Labute approximate surface area is 122 Å². The molecule has 0 atom stereocenters. The van der Waals surface area contributed by atoms with Crippen molar-refractivity contribution in [3.63, 3.8) is 0 Å². The van der Waals surface area contributed by atoms with Crippen molar-refractivity contribution in [2.45, 2.75) is 6.04 Å². The summed E-state index contributed by atoms with van der Waals surface area (Å²) >= 11 is 11.8. The first-order valence-electron chi connectivity index (χ1n) is 5.80. The Bertz CT molecular complexity index is 506. The molecule has 2 rings (SSSR count). The van der Waals surface area contributed by atoms with E-state index in [1.165, 1.54) is 0 Å². The lowest BCUT2D eigenvalue weighted by atomic mass is 9.98. The van der Waals surface area contributed by atoms with Crippen LogP contribution in [0.15, 0.2) is 48.5 Å². The van der Waals surface area contributed by atoms with E-state index in [9.17, 15) is 4.79 Å². The van der Waals surface area contributed by atoms with E-state index < -0.39 is 0 Å². The van der Waals surface area contributed by atoms with Crippen molar-refractivity contribution in [1.29, 1.82) is 0 Å². The van der Waals surface area contributed by atoms with Gasteiger partial charge in [-0.3, -0.25) is 4.79 Å². The number of hydrogen-bond acceptors (Lipinski definition) is 1. The van der Waals surface area contributed by atoms with Crippen LogP contribution in [0.4, 0.5) is 0 Å². The van der Waals surface area contributed by atoms with E-state index in [1.807, 2.05) is 48.5 Å². The lowest BCUT2D eigenvalue weighted by Crippen LogP contribution is -2.23. The summed E-state index contributed by atoms with van der Waals surface area (Å²) in [6.07, 6.45) is 0.813. The van der Waals surface area contributed by atoms with Gasteiger partial charge in [0.2, 0.25) is 6.41 Å². The van der Waals surface area contributed by atoms with Gasteiger partial charge in [-0.25, -0.2) is 0 Å². The molecule has 98 valence electrons. The monoisotopic (exact) mass is 293 g/mol. The molecule has 0 aliphatic heterocycles. The number of carbonyl (C=O) groups excluding carboxylic acids is 1. The van der Waals surface area contributed by atoms with Crippen LogP contribution in [0.25, 0.3) is 0 Å². The topological polar surface area (TPSA) is 20.3 Å². The Kier molecular flexibility index (Phi) is 4.46. The summed E-state index contributed by atoms with van der Waals surface area (Å²) in [6.45, 7) is 0. The Morgan fingerprint density at radius 3 is 1.58 bits per heavy atom. The first-order valence-corrected chi connectivity index (χ1v) is 6.55. The zero-order valence-electron chi connectivity index (χ0n) is 10.4. The second-order valence-electron chi connectivity index (χ2n) is 4.28. The molecule has 0 fully saturated rings. The van der Waals surface area contributed by atoms with E-state index in [2.05, 4.69) is 0 Å². The predicted molar refractivity (Wildman–Crippen MR) is 78.6 cm³/mol. The molecule has 2 aromatic carbocycles. The molecular weight excluding hydrogens is 281 g/mol. The first-order chi connectivity index (χ1) is 9.11. The predicted octanol–water partition coefficient (Wildman–Crippen LogP) is 4.17. The standard InChI is InChI=1S/C15H13Cl2NO/c1-18(10-19)15(11-2-6-13(16)7-3-11)12-4-8-14(17)9-5-12/h2-10,15H,1H3. The first kappa shape index (κ1) is 13.9. The van der Waals surface area contributed by atoms with E-state index in [0.29, 0.717) is 10.0 Å². The van der Waals surface area contributed by atoms with E-state index in [4.69, 9.17) is 23.2 Å². The lowest BCUT2D eigenvalue weighted by Gasteiger charge is -2.25. The molecule has 2 aromatic rings. The molecule has 0 saturated heterocycles. The minimum absolute atomic E-state index is 0.146. The van der Waals surface area contributed by atoms with Gasteiger partial charge in [0, 0.05) is 17.1 Å². The molecule has 1 amide bonds. The number of carbonyl (C=O) groups is 1. The lowest BCUT2D eigenvalue weighted by molar-refractivity contribution is -0.118. The summed E-state index contributed by atoms with van der Waals surface area (Å²) in [4.78, 5) is 12.7. The van der Waals surface area contributed by atoms with Gasteiger partial charge in [-0.2, -0.15) is 0 Å². The van der Waals surface area contributed by atoms with E-state index >= 15 is 0 Å². The summed E-state index contributed by atoms with van der Waals surface area (Å²) in [5.74, 6) is 0. The zero-order valence-corrected chi connectivity index (χ0v) is 11.9. The van der Waals surface area contributed by atoms with Gasteiger partial charge < -0.3 is 4.90 Å². The van der Waals surface area contributed by atoms with Gasteiger partial charge in [0.1, 0.15) is 0 Å². The average Bonchev–Trinajstić information content (AvgIpc) is 2.43. The van der Waals surface area contributed by atoms with Gasteiger partial charge in [0.25, 0.3) is 0 Å². The van der Waals surface area contributed by atoms with Gasteiger partial charge in [0.05, 0.1) is 6.04 Å². The van der Waals surface area contributed by atoms with Gasteiger partial charge >= 0.3 is 0 Å². The van der Waals surface area contributed by atoms with Gasteiger partial charge in [-0.15, -0.1) is 0 Å². The van der Waals surface area contributed by atoms with Crippen molar-refractivity contribution in [3.8, 4) is 0 Å². The van der Waals surface area contributed by atoms with Crippen molar-refractivity contribution < 1.29 is 4.79 Å². The van der Waals surface area contributed by atoms with E-state index in [-0.39, 0.29) is 6.04 Å². The second kappa shape index (κ2) is 6.09. The van der Waals surface area contributed by atoms with Crippen LogP contribution in [0.5, 0.6) is 0 Å². The molecule has 0 bridgehead atoms. The fourth-order valence-electron chi connectivity index (χ4n) is 2.01. The minimum Gasteiger partial charge on any atom is -0.337 e. The van der Waals surface area contributed by atoms with Gasteiger partial charge in [-0.1, -0.05) is 47.5 Å². The van der Waals surface area contributed by atoms with Crippen LogP contribution in [0, 0.1) is 0 Å². The Morgan fingerprint density at radius 2 is 1.26 bits per heavy atom. The van der Waals surface area contributed by atoms with E-state index in [1.54, 1.807) is 11.9 Å². The highest BCUT2D eigenvalue weighted by Crippen LogP contribution is 2.28. The van der Waals surface area contributed by atoms with Crippen molar-refractivity contribution in [2.24, 2.45) is 0 Å². The number of nitrogens with zero attached hydrogens (tertiary/aromatic N) is 1. The van der Waals surface area contributed by atoms with Gasteiger partial charge in [0.15, 0.2) is 0 Å². The van der Waals surface area contributed by atoms with Crippen LogP contribution in [-0.2, 0) is 4.79 Å². The maximum absolute atomic E-state index is 11.1. The van der Waals surface area contributed by atoms with Crippen LogP contribution in [0.2, 0.25) is 10.0 Å². The summed E-state index contributed by atoms with van der Waals surface area (Å²) in [7, 11) is 1.75. The quantitative estimate of drug-likeness (QED) is 0.775. The molecule has 0 aromatic heterocycles. The molecule has 19 heavy (non-hydrogen) atoms. The van der Waals surface area contributed by atoms with Crippen molar-refractivity contribution >= 4 is 29.6 Å². The van der Waals surface area contributed by atoms with Crippen molar-refractivity contribution in [3.05, 3.63) is 69.7 Å². The van der Waals surface area contributed by atoms with Crippen molar-refractivity contribution in [2.75, 3.05) is 7.05 Å². The third kappa shape index (κ3) is 3.28. The average molecular weight is 294 g/mol. The number of benzene rings is 2. The van der Waals surface area contributed by atoms with Crippen LogP contribution < -0.4 is 0 Å². The fourth-order valence-corrected chi connectivity index (χ4v) is 2.27. The maximum atomic E-state index is 11.1. The Morgan fingerprint density at radius 1 is 0.895 bits per heavy atom. The molecule has 4 heteroatoms. The van der Waals surface area contributed by atoms with Crippen LogP contribution in [0.3, 0.4) is 0 Å². The molecule has 0 heterocycles. The van der Waals surface area contributed by atoms with Crippen LogP contribution >= 0.6 is 23.2 Å². The molecule has 0 aliphatic rings. The molecule has 0 N–H and O–H groups in total. The summed E-state index contributed by atoms with van der Waals surface area (Å²) in [5.41, 5.74) is 2.00. The van der Waals surface area contributed by atoms with Crippen LogP contribution in [0.1, 0.15) is 17.2 Å². The second-order valence-corrected chi connectivity index (χ2v) is 5.15. The zero-order chi connectivity index (χ0) is 13.8. The molecule has 0 unspecified atom stereocenters. The number of halogens is 2. The molecule has 0 aliphatic carbocycles. The van der Waals surface area contributed by atoms with Crippen molar-refractivity contribution in [1.82, 2.24) is 4.90 Å². The number of hydrogen-bond donors (Lipinski definition) is 0. The van der Waals surface area contributed by atoms with Crippen LogP contribution in [-0.4, -0.2) is 18.4 Å². The van der Waals surface area contributed by atoms with E-state index in [0.717, 1.165) is 17.5 Å². The highest BCUT2D eigenvalue weighted by atomic mass is 35.5. The molecule has 0 saturated carbocycles. The SMILES string of the molecule is CN(C=O)C(c1ccc(Cl)cc1)c1ccc(Cl)cc1. The molecule has 2 nitrogen and oxygen atoms in total. The molecule has 0 radical (unpaired) electrons. The summed E-state index contributed by atoms with van der Waals surface area (Å²) < 4.78 is 0. The Balaban J connectivity index is 2.43. The van der Waals surface area contributed by atoms with Gasteiger partial charge in [-0.05, 0) is 35.4 Å². The number of rotatable bonds is 4. The highest BCUT2D eigenvalue weighted by Gasteiger charge is 2.18. The molecular formula is C15H13Cl2NO. The smallest absolute Gasteiger partial charge is 0.210 e. The number of amides is 1. The minimum atomic E-state index is -0.146. The third-order valence-electron chi connectivity index (χ3n) is 2.95. The largest absolute Gasteiger partial charge is 0.337 e. The fraction of sp³-hybridized carbons (Fsp3) is 0.133. The maximum Gasteiger partial charge on any atom is 0.210 e. The summed E-state index contributed by atoms with van der Waals surface area (Å²) in [6, 6.07) is 14.8. The highest BCUT2D eigenvalue weighted by molar-refractivity contribution is 6.30. The normalized spacial score (nSPS) is 10.5.